The zero-order valence-corrected chi connectivity index (χ0v) is 8.60. The van der Waals surface area contributed by atoms with E-state index in [2.05, 4.69) is 0 Å². The standard InChI is InChI=1S/C9H7Cl2NO2/c10-5-1-2-6(7(11)3-5)9(4-14-9)8(12)13/h1-3H,4H2,(H2,12,13). The highest BCUT2D eigenvalue weighted by atomic mass is 35.5. The van der Waals surface area contributed by atoms with Crippen molar-refractivity contribution >= 4 is 29.1 Å². The molecule has 3 nitrogen and oxygen atoms in total. The Morgan fingerprint density at radius 1 is 1.50 bits per heavy atom. The summed E-state index contributed by atoms with van der Waals surface area (Å²) in [6.07, 6.45) is 0. The van der Waals surface area contributed by atoms with Crippen molar-refractivity contribution in [2.75, 3.05) is 6.61 Å². The maximum atomic E-state index is 11.1. The number of hydrogen-bond acceptors (Lipinski definition) is 2. The van der Waals surface area contributed by atoms with Crippen LogP contribution in [0.5, 0.6) is 0 Å². The van der Waals surface area contributed by atoms with Gasteiger partial charge in [0.15, 0.2) is 5.60 Å². The van der Waals surface area contributed by atoms with E-state index >= 15 is 0 Å². The van der Waals surface area contributed by atoms with Crippen LogP contribution >= 0.6 is 23.2 Å². The smallest absolute Gasteiger partial charge is 0.256 e. The van der Waals surface area contributed by atoms with Gasteiger partial charge in [0.25, 0.3) is 5.91 Å². The lowest BCUT2D eigenvalue weighted by Crippen LogP contribution is -2.30. The highest BCUT2D eigenvalue weighted by Crippen LogP contribution is 2.42. The monoisotopic (exact) mass is 231 g/mol. The van der Waals surface area contributed by atoms with Gasteiger partial charge in [-0.05, 0) is 12.1 Å². The molecule has 1 aliphatic heterocycles. The van der Waals surface area contributed by atoms with E-state index in [1.165, 1.54) is 0 Å². The summed E-state index contributed by atoms with van der Waals surface area (Å²) in [6.45, 7) is 0.281. The van der Waals surface area contributed by atoms with E-state index in [1.54, 1.807) is 18.2 Å². The third-order valence-electron chi connectivity index (χ3n) is 2.20. The number of hydrogen-bond donors (Lipinski definition) is 1. The Morgan fingerprint density at radius 2 is 2.14 bits per heavy atom. The molecule has 74 valence electrons. The Morgan fingerprint density at radius 3 is 2.57 bits per heavy atom. The second kappa shape index (κ2) is 3.12. The number of carbonyl (C=O) groups excluding carboxylic acids is 1. The first-order chi connectivity index (χ1) is 6.56. The number of amides is 1. The fourth-order valence-electron chi connectivity index (χ4n) is 1.32. The van der Waals surface area contributed by atoms with Crippen LogP contribution in [0.3, 0.4) is 0 Å². The van der Waals surface area contributed by atoms with Gasteiger partial charge in [0.05, 0.1) is 6.61 Å². The van der Waals surface area contributed by atoms with E-state index in [4.69, 9.17) is 33.7 Å². The molecule has 1 fully saturated rings. The molecule has 0 radical (unpaired) electrons. The van der Waals surface area contributed by atoms with E-state index < -0.39 is 11.5 Å². The van der Waals surface area contributed by atoms with Crippen LogP contribution in [0, 0.1) is 0 Å². The molecule has 1 amide bonds. The first-order valence-corrected chi connectivity index (χ1v) is 4.71. The molecule has 1 aromatic carbocycles. The highest BCUT2D eigenvalue weighted by molar-refractivity contribution is 6.35. The fourth-order valence-corrected chi connectivity index (χ4v) is 1.88. The average Bonchev–Trinajstić information content (AvgIpc) is 2.84. The highest BCUT2D eigenvalue weighted by Gasteiger charge is 2.53. The van der Waals surface area contributed by atoms with Crippen molar-refractivity contribution in [3.63, 3.8) is 0 Å². The molecule has 0 saturated carbocycles. The molecule has 1 aliphatic rings. The van der Waals surface area contributed by atoms with Gasteiger partial charge in [-0.3, -0.25) is 4.79 Å². The van der Waals surface area contributed by atoms with Crippen molar-refractivity contribution in [1.29, 1.82) is 0 Å². The quantitative estimate of drug-likeness (QED) is 0.789. The van der Waals surface area contributed by atoms with E-state index in [0.29, 0.717) is 15.6 Å². The number of epoxide rings is 1. The van der Waals surface area contributed by atoms with Gasteiger partial charge in [-0.1, -0.05) is 29.3 Å². The zero-order chi connectivity index (χ0) is 10.3. The van der Waals surface area contributed by atoms with Gasteiger partial charge in [-0.2, -0.15) is 0 Å². The second-order valence-electron chi connectivity index (χ2n) is 3.10. The maximum absolute atomic E-state index is 11.1. The van der Waals surface area contributed by atoms with Crippen LogP contribution in [0.4, 0.5) is 0 Å². The first-order valence-electron chi connectivity index (χ1n) is 3.96. The number of halogens is 2. The molecule has 1 saturated heterocycles. The molecule has 1 aromatic rings. The third-order valence-corrected chi connectivity index (χ3v) is 2.75. The zero-order valence-electron chi connectivity index (χ0n) is 7.09. The summed E-state index contributed by atoms with van der Waals surface area (Å²) in [5, 5.41) is 0.910. The summed E-state index contributed by atoms with van der Waals surface area (Å²) >= 11 is 11.7. The Kier molecular flexibility index (Phi) is 2.18. The summed E-state index contributed by atoms with van der Waals surface area (Å²) in [4.78, 5) is 11.1. The molecule has 0 aliphatic carbocycles. The SMILES string of the molecule is NC(=O)C1(c2ccc(Cl)cc2Cl)CO1. The summed E-state index contributed by atoms with van der Waals surface area (Å²) < 4.78 is 5.06. The molecular formula is C9H7Cl2NO2. The van der Waals surface area contributed by atoms with Gasteiger partial charge in [-0.15, -0.1) is 0 Å². The molecule has 14 heavy (non-hydrogen) atoms. The predicted octanol–water partition coefficient (Wildman–Crippen LogP) is 1.70. The lowest BCUT2D eigenvalue weighted by atomic mass is 9.99. The van der Waals surface area contributed by atoms with E-state index in [1.807, 2.05) is 0 Å². The predicted molar refractivity (Wildman–Crippen MR) is 53.3 cm³/mol. The van der Waals surface area contributed by atoms with E-state index in [9.17, 15) is 4.79 Å². The molecule has 0 bridgehead atoms. The van der Waals surface area contributed by atoms with Crippen molar-refractivity contribution in [2.45, 2.75) is 5.60 Å². The van der Waals surface area contributed by atoms with Gasteiger partial charge in [0.2, 0.25) is 0 Å². The first kappa shape index (κ1) is 9.77. The molecule has 5 heteroatoms. The van der Waals surface area contributed by atoms with Crippen LogP contribution in [-0.2, 0) is 15.1 Å². The van der Waals surface area contributed by atoms with Crippen LogP contribution in [-0.4, -0.2) is 12.5 Å². The summed E-state index contributed by atoms with van der Waals surface area (Å²) in [6, 6.07) is 4.86. The van der Waals surface area contributed by atoms with Crippen molar-refractivity contribution in [2.24, 2.45) is 5.73 Å². The summed E-state index contributed by atoms with van der Waals surface area (Å²) in [7, 11) is 0. The van der Waals surface area contributed by atoms with Gasteiger partial charge in [0, 0.05) is 15.6 Å². The van der Waals surface area contributed by atoms with Gasteiger partial charge in [0.1, 0.15) is 0 Å². The lowest BCUT2D eigenvalue weighted by molar-refractivity contribution is -0.123. The molecule has 2 rings (SSSR count). The lowest BCUT2D eigenvalue weighted by Gasteiger charge is -2.09. The Bertz CT molecular complexity index is 402. The minimum Gasteiger partial charge on any atom is -0.367 e. The number of carbonyl (C=O) groups is 1. The van der Waals surface area contributed by atoms with Crippen LogP contribution in [0.15, 0.2) is 18.2 Å². The van der Waals surface area contributed by atoms with Crippen LogP contribution in [0.1, 0.15) is 5.56 Å². The Balaban J connectivity index is 2.47. The van der Waals surface area contributed by atoms with Crippen molar-refractivity contribution in [3.05, 3.63) is 33.8 Å². The van der Waals surface area contributed by atoms with E-state index in [-0.39, 0.29) is 6.61 Å². The minimum absolute atomic E-state index is 0.281. The molecule has 1 heterocycles. The Labute approximate surface area is 90.7 Å². The second-order valence-corrected chi connectivity index (χ2v) is 3.95. The molecule has 1 atom stereocenters. The molecule has 2 N–H and O–H groups in total. The van der Waals surface area contributed by atoms with Gasteiger partial charge < -0.3 is 10.5 Å². The van der Waals surface area contributed by atoms with Crippen LogP contribution in [0.25, 0.3) is 0 Å². The molecule has 0 spiro atoms. The van der Waals surface area contributed by atoms with Crippen molar-refractivity contribution < 1.29 is 9.53 Å². The number of ether oxygens (including phenoxy) is 1. The maximum Gasteiger partial charge on any atom is 0.256 e. The number of rotatable bonds is 2. The molecule has 1 unspecified atom stereocenters. The topological polar surface area (TPSA) is 55.6 Å². The van der Waals surface area contributed by atoms with Gasteiger partial charge in [-0.25, -0.2) is 0 Å². The van der Waals surface area contributed by atoms with Crippen LogP contribution < -0.4 is 5.73 Å². The Hall–Kier alpha value is -0.770. The molecule has 0 aromatic heterocycles. The van der Waals surface area contributed by atoms with E-state index in [0.717, 1.165) is 0 Å². The van der Waals surface area contributed by atoms with Gasteiger partial charge >= 0.3 is 0 Å². The fraction of sp³-hybridized carbons (Fsp3) is 0.222. The largest absolute Gasteiger partial charge is 0.367 e. The van der Waals surface area contributed by atoms with Crippen LogP contribution in [0.2, 0.25) is 10.0 Å². The number of nitrogens with two attached hydrogens (primary N) is 1. The summed E-state index contributed by atoms with van der Waals surface area (Å²) in [5.41, 5.74) is 4.77. The number of primary amides is 1. The molecular weight excluding hydrogens is 225 g/mol. The number of benzene rings is 1. The minimum atomic E-state index is -1.03. The summed E-state index contributed by atoms with van der Waals surface area (Å²) in [5.74, 6) is -0.526. The third kappa shape index (κ3) is 1.38. The normalized spacial score (nSPS) is 24.7. The van der Waals surface area contributed by atoms with Crippen molar-refractivity contribution in [3.8, 4) is 0 Å². The average molecular weight is 232 g/mol. The van der Waals surface area contributed by atoms with Crippen molar-refractivity contribution in [1.82, 2.24) is 0 Å².